The largest absolute Gasteiger partial charge is 1.00 e. The van der Waals surface area contributed by atoms with Crippen molar-refractivity contribution in [2.24, 2.45) is 0 Å². The van der Waals surface area contributed by atoms with Gasteiger partial charge in [-0.2, -0.15) is 22.7 Å². The Kier molecular flexibility index (Phi) is 14.2. The molecule has 0 saturated carbocycles. The topological polar surface area (TPSA) is 254 Å². The molecule has 2 aromatic heterocycles. The second-order valence-electron chi connectivity index (χ2n) is 12.8. The molecule has 4 aliphatic rings. The van der Waals surface area contributed by atoms with Crippen LogP contribution in [0.3, 0.4) is 0 Å². The van der Waals surface area contributed by atoms with E-state index in [1.54, 1.807) is 49.9 Å². The molecule has 4 fully saturated rings. The van der Waals surface area contributed by atoms with Crippen LogP contribution in [0.2, 0.25) is 0 Å². The van der Waals surface area contributed by atoms with Crippen molar-refractivity contribution in [1.82, 2.24) is 20.4 Å². The first-order valence-corrected chi connectivity index (χ1v) is 18.5. The molecule has 16 nitrogen and oxygen atoms in total. The number of nitrogens with one attached hydrogen (secondary N) is 2. The summed E-state index contributed by atoms with van der Waals surface area (Å²) >= 11 is 5.03. The Morgan fingerprint density at radius 1 is 0.731 bits per heavy atom. The maximum absolute atomic E-state index is 12.4. The molecule has 4 aliphatic heterocycles. The number of nitrogens with zero attached hydrogens (tertiary/aromatic N) is 2. The summed E-state index contributed by atoms with van der Waals surface area (Å²) in [4.78, 5) is 97.4. The van der Waals surface area contributed by atoms with Crippen molar-refractivity contribution in [2.45, 2.75) is 83.9 Å². The molecule has 4 N–H and O–H groups in total. The van der Waals surface area contributed by atoms with Gasteiger partial charge in [0.2, 0.25) is 23.6 Å². The van der Waals surface area contributed by atoms with E-state index in [1.807, 2.05) is 0 Å². The number of rotatable bonds is 10. The molecule has 0 radical (unpaired) electrons. The average Bonchev–Trinajstić information content (AvgIpc) is 3.80. The minimum atomic E-state index is -1.56. The summed E-state index contributed by atoms with van der Waals surface area (Å²) in [6.45, 7) is 6.81. The Bertz CT molecular complexity index is 1630. The predicted octanol–water partition coefficient (Wildman–Crippen LogP) is -7.57. The summed E-state index contributed by atoms with van der Waals surface area (Å²) in [6, 6.07) is -0.916. The molecule has 0 aromatic carbocycles. The van der Waals surface area contributed by atoms with Crippen LogP contribution in [0.5, 0.6) is 0 Å². The van der Waals surface area contributed by atoms with Crippen LogP contribution in [-0.4, -0.2) is 112 Å². The van der Waals surface area contributed by atoms with Gasteiger partial charge in [-0.1, -0.05) is 0 Å². The average molecular weight is 813 g/mol. The zero-order valence-corrected chi connectivity index (χ0v) is 35.9. The van der Waals surface area contributed by atoms with Gasteiger partial charge in [-0.3, -0.25) is 24.0 Å². The number of aliphatic carboxylic acids is 4. The number of carbonyl (C=O) groups is 8. The maximum atomic E-state index is 12.4. The number of fused-ring (bicyclic) bond motifs is 2. The number of carboxylic acid groups (broad SMARTS) is 4. The van der Waals surface area contributed by atoms with Crippen molar-refractivity contribution < 1.29 is 118 Å². The Morgan fingerprint density at radius 3 is 1.50 bits per heavy atom. The third-order valence-electron chi connectivity index (χ3n) is 8.69. The number of hydrogen-bond acceptors (Lipinski definition) is 14. The molecule has 268 valence electrons. The van der Waals surface area contributed by atoms with Gasteiger partial charge in [0.1, 0.15) is 34.8 Å². The number of hydrogen-bond donors (Lipinski definition) is 4. The van der Waals surface area contributed by atoms with Crippen molar-refractivity contribution in [1.29, 1.82) is 0 Å². The molecular formula is C30H30N4Na2O12S4. The van der Waals surface area contributed by atoms with Crippen molar-refractivity contribution in [3.05, 3.63) is 44.8 Å². The molecule has 4 amide bonds. The number of carbonyl (C=O) groups excluding carboxylic acids is 6. The second-order valence-corrected chi connectivity index (χ2v) is 17.9. The number of carboxylic acids is 4. The van der Waals surface area contributed by atoms with Crippen LogP contribution in [0, 0.1) is 0 Å². The van der Waals surface area contributed by atoms with E-state index in [1.165, 1.54) is 67.4 Å². The van der Waals surface area contributed by atoms with E-state index in [9.17, 15) is 58.8 Å². The summed E-state index contributed by atoms with van der Waals surface area (Å²) in [6.07, 6.45) is 0. The van der Waals surface area contributed by atoms with Crippen LogP contribution in [-0.2, 0) is 38.4 Å². The van der Waals surface area contributed by atoms with Gasteiger partial charge in [-0.05, 0) is 72.5 Å². The summed E-state index contributed by atoms with van der Waals surface area (Å²) in [5.74, 6) is -10.9. The van der Waals surface area contributed by atoms with Gasteiger partial charge in [0, 0.05) is 9.49 Å². The van der Waals surface area contributed by atoms with Crippen LogP contribution >= 0.6 is 46.2 Å². The maximum Gasteiger partial charge on any atom is 1.00 e. The van der Waals surface area contributed by atoms with E-state index in [2.05, 4.69) is 10.6 Å². The summed E-state index contributed by atoms with van der Waals surface area (Å²) < 4.78 is -1.48. The normalized spacial score (nSPS) is 26.9. The number of β-lactam (4-membered cyclic amide) rings is 2. The molecule has 52 heavy (non-hydrogen) atoms. The van der Waals surface area contributed by atoms with Gasteiger partial charge >= 0.3 is 71.1 Å². The Morgan fingerprint density at radius 2 is 1.13 bits per heavy atom. The quantitative estimate of drug-likeness (QED) is 0.0989. The first kappa shape index (κ1) is 44.3. The minimum absolute atomic E-state index is 0. The summed E-state index contributed by atoms with van der Waals surface area (Å²) in [5.41, 5.74) is 0.625. The van der Waals surface area contributed by atoms with E-state index >= 15 is 0 Å². The van der Waals surface area contributed by atoms with Crippen LogP contribution in [0.25, 0.3) is 0 Å². The van der Waals surface area contributed by atoms with Gasteiger partial charge in [0.25, 0.3) is 0 Å². The molecule has 8 atom stereocenters. The molecular weight excluding hydrogens is 783 g/mol. The van der Waals surface area contributed by atoms with Crippen LogP contribution in [0.15, 0.2) is 33.7 Å². The van der Waals surface area contributed by atoms with E-state index in [4.69, 9.17) is 0 Å². The van der Waals surface area contributed by atoms with Crippen molar-refractivity contribution >= 4 is 93.7 Å². The Hall–Kier alpha value is -2.14. The van der Waals surface area contributed by atoms with E-state index in [0.29, 0.717) is 5.56 Å². The van der Waals surface area contributed by atoms with E-state index in [0.717, 1.165) is 0 Å². The molecule has 2 aromatic rings. The van der Waals surface area contributed by atoms with Gasteiger partial charge in [0.05, 0.1) is 18.0 Å². The number of thiophene rings is 2. The Balaban J connectivity index is 0.000000270. The molecule has 0 spiro atoms. The molecule has 4 saturated heterocycles. The fourth-order valence-corrected chi connectivity index (χ4v) is 11.0. The first-order valence-electron chi connectivity index (χ1n) is 14.8. The molecule has 6 rings (SSSR count). The van der Waals surface area contributed by atoms with E-state index in [-0.39, 0.29) is 64.7 Å². The zero-order chi connectivity index (χ0) is 37.0. The zero-order valence-electron chi connectivity index (χ0n) is 28.6. The molecule has 1 unspecified atom stereocenters. The fourth-order valence-electron chi connectivity index (χ4n) is 6.42. The van der Waals surface area contributed by atoms with Gasteiger partial charge in [-0.25, -0.2) is 4.79 Å². The molecule has 0 aliphatic carbocycles. The molecule has 22 heteroatoms. The SMILES string of the molecule is CC1(C)S[C@@H]2[C@H](NC(=O)C(C(=O)[O-])c3ccsc3)C(=O)N2[C@H]1C(=O)[O-].CC1(C)S[C@@H]2[C@H](NC(=O)[C@H](C(=O)O)c3ccsc3)C(=O)N2[C@H]1C(=O)O.[Na+].[Na+]. The van der Waals surface area contributed by atoms with Crippen molar-refractivity contribution in [3.8, 4) is 0 Å². The summed E-state index contributed by atoms with van der Waals surface area (Å²) in [7, 11) is 0. The summed E-state index contributed by atoms with van der Waals surface area (Å²) in [5, 5.41) is 51.6. The number of amides is 4. The number of thioether (sulfide) groups is 2. The third kappa shape index (κ3) is 8.11. The predicted molar refractivity (Wildman–Crippen MR) is 175 cm³/mol. The minimum Gasteiger partial charge on any atom is -0.549 e. The van der Waals surface area contributed by atoms with Crippen molar-refractivity contribution in [2.75, 3.05) is 0 Å². The monoisotopic (exact) mass is 812 g/mol. The molecule has 0 bridgehead atoms. The van der Waals surface area contributed by atoms with Gasteiger partial charge in [0.15, 0.2) is 5.92 Å². The van der Waals surface area contributed by atoms with Crippen LogP contribution < -0.4 is 80.0 Å². The smallest absolute Gasteiger partial charge is 0.549 e. The van der Waals surface area contributed by atoms with Crippen molar-refractivity contribution in [3.63, 3.8) is 0 Å². The fraction of sp³-hybridized carbons (Fsp3) is 0.467. The third-order valence-corrected chi connectivity index (χ3v) is 13.2. The standard InChI is InChI=1S/2C15H16N2O6S2.2Na/c2*1-15(2)9(14(22)23)17-11(19)8(12(17)25-15)16-10(18)7(13(20)21)6-3-4-24-5-6;;/h2*3-5,7-9,12H,1-2H3,(H,16,18)(H,20,21)(H,22,23);;/q;;2*+1/p-2/t7?,8-,9+,12-;7-,8-,9+,12-;;/m11../s1. The van der Waals surface area contributed by atoms with E-state index < -0.39 is 104 Å². The molecule has 6 heterocycles. The van der Waals surface area contributed by atoms with Crippen LogP contribution in [0.1, 0.15) is 50.7 Å². The Labute approximate surface area is 357 Å². The van der Waals surface area contributed by atoms with Gasteiger partial charge < -0.3 is 50.4 Å². The first-order chi connectivity index (χ1) is 23.3. The second kappa shape index (κ2) is 16.7. The van der Waals surface area contributed by atoms with Crippen LogP contribution in [0.4, 0.5) is 0 Å². The van der Waals surface area contributed by atoms with Gasteiger partial charge in [-0.15, -0.1) is 23.5 Å².